The fourth-order valence-corrected chi connectivity index (χ4v) is 2.18. The van der Waals surface area contributed by atoms with E-state index >= 15 is 0 Å². The van der Waals surface area contributed by atoms with Gasteiger partial charge in [0, 0.05) is 12.1 Å². The maximum atomic E-state index is 14.3. The Bertz CT molecular complexity index is 962. The Labute approximate surface area is 155 Å². The molecule has 6 N–H and O–H groups in total. The zero-order valence-electron chi connectivity index (χ0n) is 13.8. The molecular weight excluding hydrogens is 384 g/mol. The third kappa shape index (κ3) is 3.39. The van der Waals surface area contributed by atoms with Crippen LogP contribution in [0.1, 0.15) is 0 Å². The predicted molar refractivity (Wildman–Crippen MR) is 91.5 cm³/mol. The SMILES string of the molecule is Nc1ccc(Oc2c(F)c(F)c(Oc3ccc(N)c(O)c3)c(F)c2F)cc1O. The number of nitrogens with two attached hydrogens (primary N) is 2. The molecule has 0 aliphatic carbocycles. The van der Waals surface area contributed by atoms with Crippen LogP contribution in [0.2, 0.25) is 0 Å². The van der Waals surface area contributed by atoms with Gasteiger partial charge in [-0.3, -0.25) is 0 Å². The summed E-state index contributed by atoms with van der Waals surface area (Å²) in [4.78, 5) is 0. The molecule has 0 aliphatic rings. The molecule has 28 heavy (non-hydrogen) atoms. The van der Waals surface area contributed by atoms with E-state index < -0.39 is 46.3 Å². The van der Waals surface area contributed by atoms with Gasteiger partial charge in [-0.2, -0.15) is 17.6 Å². The van der Waals surface area contributed by atoms with E-state index in [1.807, 2.05) is 0 Å². The number of phenols is 2. The first-order valence-electron chi connectivity index (χ1n) is 7.57. The highest BCUT2D eigenvalue weighted by Crippen LogP contribution is 2.40. The highest BCUT2D eigenvalue weighted by molar-refractivity contribution is 5.56. The Morgan fingerprint density at radius 1 is 0.607 bits per heavy atom. The standard InChI is InChI=1S/C18H12F4N2O4/c19-13-15(21)18(28-8-2-4-10(24)12(26)6-8)16(22)14(20)17(13)27-7-1-3-9(23)11(25)5-7/h1-6,25-26H,23-24H2. The molecule has 3 aromatic rings. The van der Waals surface area contributed by atoms with Crippen molar-refractivity contribution in [2.75, 3.05) is 11.5 Å². The first kappa shape index (κ1) is 19.0. The summed E-state index contributed by atoms with van der Waals surface area (Å²) in [7, 11) is 0. The van der Waals surface area contributed by atoms with E-state index in [0.717, 1.165) is 36.4 Å². The summed E-state index contributed by atoms with van der Waals surface area (Å²) in [5.74, 6) is -11.8. The maximum Gasteiger partial charge on any atom is 0.208 e. The van der Waals surface area contributed by atoms with Crippen molar-refractivity contribution in [3.63, 3.8) is 0 Å². The first-order valence-corrected chi connectivity index (χ1v) is 7.57. The van der Waals surface area contributed by atoms with Crippen LogP contribution in [0.25, 0.3) is 0 Å². The summed E-state index contributed by atoms with van der Waals surface area (Å²) in [5, 5.41) is 19.0. The number of phenolic OH excluding ortho intramolecular Hbond substituents is 2. The van der Waals surface area contributed by atoms with Gasteiger partial charge in [0.1, 0.15) is 23.0 Å². The van der Waals surface area contributed by atoms with E-state index in [-0.39, 0.29) is 22.9 Å². The predicted octanol–water partition coefficient (Wildman–Crippen LogP) is 4.40. The van der Waals surface area contributed by atoms with Gasteiger partial charge < -0.3 is 31.2 Å². The summed E-state index contributed by atoms with van der Waals surface area (Å²) in [6.45, 7) is 0. The Balaban J connectivity index is 2.01. The van der Waals surface area contributed by atoms with Gasteiger partial charge in [0.15, 0.2) is 0 Å². The molecule has 0 fully saturated rings. The fourth-order valence-electron chi connectivity index (χ4n) is 2.18. The molecule has 3 rings (SSSR count). The minimum Gasteiger partial charge on any atom is -0.506 e. The van der Waals surface area contributed by atoms with Crippen LogP contribution in [0.15, 0.2) is 36.4 Å². The highest BCUT2D eigenvalue weighted by Gasteiger charge is 2.29. The Kier molecular flexibility index (Phi) is 4.78. The van der Waals surface area contributed by atoms with Gasteiger partial charge in [-0.15, -0.1) is 0 Å². The fraction of sp³-hybridized carbons (Fsp3) is 0. The second kappa shape index (κ2) is 7.06. The molecule has 0 unspecified atom stereocenters. The van der Waals surface area contributed by atoms with Crippen molar-refractivity contribution in [3.8, 4) is 34.5 Å². The van der Waals surface area contributed by atoms with Crippen LogP contribution in [-0.4, -0.2) is 10.2 Å². The van der Waals surface area contributed by atoms with Crippen LogP contribution in [0.4, 0.5) is 28.9 Å². The minimum atomic E-state index is -1.87. The zero-order valence-corrected chi connectivity index (χ0v) is 13.8. The van der Waals surface area contributed by atoms with Crippen LogP contribution < -0.4 is 20.9 Å². The van der Waals surface area contributed by atoms with E-state index in [4.69, 9.17) is 20.9 Å². The van der Waals surface area contributed by atoms with E-state index in [0.29, 0.717) is 0 Å². The molecule has 0 atom stereocenters. The molecule has 0 bridgehead atoms. The molecular formula is C18H12F4N2O4. The molecule has 0 aromatic heterocycles. The van der Waals surface area contributed by atoms with Gasteiger partial charge in [-0.1, -0.05) is 0 Å². The Hall–Kier alpha value is -3.82. The second-order valence-electron chi connectivity index (χ2n) is 5.56. The number of aromatic hydroxyl groups is 2. The molecule has 146 valence electrons. The van der Waals surface area contributed by atoms with Crippen molar-refractivity contribution in [1.82, 2.24) is 0 Å². The lowest BCUT2D eigenvalue weighted by Crippen LogP contribution is -2.04. The molecule has 0 heterocycles. The number of anilines is 2. The maximum absolute atomic E-state index is 14.3. The van der Waals surface area contributed by atoms with Crippen LogP contribution in [0, 0.1) is 23.3 Å². The lowest BCUT2D eigenvalue weighted by atomic mass is 10.2. The third-order valence-corrected chi connectivity index (χ3v) is 3.63. The molecule has 0 radical (unpaired) electrons. The summed E-state index contributed by atoms with van der Waals surface area (Å²) in [6.07, 6.45) is 0. The van der Waals surface area contributed by atoms with Crippen LogP contribution >= 0.6 is 0 Å². The highest BCUT2D eigenvalue weighted by atomic mass is 19.2. The lowest BCUT2D eigenvalue weighted by molar-refractivity contribution is 0.329. The average molecular weight is 396 g/mol. The quantitative estimate of drug-likeness (QED) is 0.225. The van der Waals surface area contributed by atoms with Gasteiger partial charge in [0.05, 0.1) is 11.4 Å². The summed E-state index contributed by atoms with van der Waals surface area (Å²) >= 11 is 0. The van der Waals surface area contributed by atoms with Crippen LogP contribution in [0.3, 0.4) is 0 Å². The number of halogens is 4. The number of nitrogen functional groups attached to an aromatic ring is 2. The van der Waals surface area contributed by atoms with Crippen molar-refractivity contribution in [2.24, 2.45) is 0 Å². The van der Waals surface area contributed by atoms with E-state index in [9.17, 15) is 27.8 Å². The Morgan fingerprint density at radius 3 is 1.21 bits per heavy atom. The number of benzene rings is 3. The molecule has 6 nitrogen and oxygen atoms in total. The normalized spacial score (nSPS) is 10.7. The molecule has 0 saturated heterocycles. The molecule has 0 spiro atoms. The number of rotatable bonds is 4. The summed E-state index contributed by atoms with van der Waals surface area (Å²) < 4.78 is 66.7. The third-order valence-electron chi connectivity index (χ3n) is 3.63. The lowest BCUT2D eigenvalue weighted by Gasteiger charge is -2.14. The summed E-state index contributed by atoms with van der Waals surface area (Å²) in [5.41, 5.74) is 10.7. The van der Waals surface area contributed by atoms with E-state index in [2.05, 4.69) is 0 Å². The smallest absolute Gasteiger partial charge is 0.208 e. The van der Waals surface area contributed by atoms with Crippen molar-refractivity contribution in [3.05, 3.63) is 59.7 Å². The van der Waals surface area contributed by atoms with Crippen LogP contribution in [-0.2, 0) is 0 Å². The average Bonchev–Trinajstić information content (AvgIpc) is 2.66. The number of ether oxygens (including phenoxy) is 2. The molecule has 10 heteroatoms. The van der Waals surface area contributed by atoms with Gasteiger partial charge >= 0.3 is 0 Å². The topological polar surface area (TPSA) is 111 Å². The van der Waals surface area contributed by atoms with E-state index in [1.165, 1.54) is 0 Å². The van der Waals surface area contributed by atoms with Gasteiger partial charge in [-0.25, -0.2) is 0 Å². The van der Waals surface area contributed by atoms with Crippen molar-refractivity contribution in [2.45, 2.75) is 0 Å². The largest absolute Gasteiger partial charge is 0.506 e. The minimum absolute atomic E-state index is 0.0406. The number of hydrogen-bond acceptors (Lipinski definition) is 6. The molecule has 3 aromatic carbocycles. The molecule has 0 aliphatic heterocycles. The van der Waals surface area contributed by atoms with Crippen molar-refractivity contribution < 1.29 is 37.2 Å². The van der Waals surface area contributed by atoms with Crippen molar-refractivity contribution >= 4 is 11.4 Å². The van der Waals surface area contributed by atoms with Crippen molar-refractivity contribution in [1.29, 1.82) is 0 Å². The van der Waals surface area contributed by atoms with Gasteiger partial charge in [0.25, 0.3) is 0 Å². The monoisotopic (exact) mass is 396 g/mol. The number of hydrogen-bond donors (Lipinski definition) is 4. The van der Waals surface area contributed by atoms with Crippen LogP contribution in [0.5, 0.6) is 34.5 Å². The van der Waals surface area contributed by atoms with Gasteiger partial charge in [-0.05, 0) is 24.3 Å². The molecule has 0 amide bonds. The first-order chi connectivity index (χ1) is 13.2. The van der Waals surface area contributed by atoms with Gasteiger partial charge in [0.2, 0.25) is 34.8 Å². The van der Waals surface area contributed by atoms with E-state index in [1.54, 1.807) is 0 Å². The Morgan fingerprint density at radius 2 is 0.929 bits per heavy atom. The zero-order chi connectivity index (χ0) is 20.6. The summed E-state index contributed by atoms with van der Waals surface area (Å²) in [6, 6.07) is 6.41. The second-order valence-corrected chi connectivity index (χ2v) is 5.56. The molecule has 0 saturated carbocycles.